The zero-order valence-electron chi connectivity index (χ0n) is 11.9. The van der Waals surface area contributed by atoms with Crippen LogP contribution in [0, 0.1) is 11.8 Å². The molecule has 0 amide bonds. The zero-order chi connectivity index (χ0) is 12.5. The van der Waals surface area contributed by atoms with Crippen LogP contribution in [-0.2, 0) is 4.74 Å². The van der Waals surface area contributed by atoms with Crippen LogP contribution < -0.4 is 5.32 Å². The van der Waals surface area contributed by atoms with Gasteiger partial charge in [0.15, 0.2) is 0 Å². The first kappa shape index (κ1) is 14.9. The Morgan fingerprint density at radius 1 is 1.41 bits per heavy atom. The lowest BCUT2D eigenvalue weighted by molar-refractivity contribution is 0.0915. The second-order valence-corrected chi connectivity index (χ2v) is 5.56. The lowest BCUT2D eigenvalue weighted by atomic mass is 9.98. The molecule has 1 saturated heterocycles. The molecule has 17 heavy (non-hydrogen) atoms. The third kappa shape index (κ3) is 7.02. The molecule has 0 aromatic rings. The Balaban J connectivity index is 2.10. The monoisotopic (exact) mass is 242 g/mol. The predicted molar refractivity (Wildman–Crippen MR) is 73.4 cm³/mol. The molecule has 1 aliphatic rings. The number of ether oxygens (including phenoxy) is 1. The molecule has 102 valence electrons. The average Bonchev–Trinajstić information content (AvgIpc) is 2.29. The normalized spacial score (nSPS) is 22.2. The van der Waals surface area contributed by atoms with Crippen LogP contribution >= 0.6 is 0 Å². The van der Waals surface area contributed by atoms with E-state index < -0.39 is 0 Å². The molecule has 1 N–H and O–H groups in total. The van der Waals surface area contributed by atoms with Gasteiger partial charge in [-0.05, 0) is 51.2 Å². The molecule has 0 radical (unpaired) electrons. The molecule has 1 heterocycles. The molecule has 0 bridgehead atoms. The first-order valence-corrected chi connectivity index (χ1v) is 7.23. The molecule has 1 aliphatic heterocycles. The van der Waals surface area contributed by atoms with Crippen molar-refractivity contribution in [2.45, 2.75) is 33.6 Å². The second-order valence-electron chi connectivity index (χ2n) is 5.56. The molecular formula is C14H30N2O. The van der Waals surface area contributed by atoms with E-state index in [-0.39, 0.29) is 0 Å². The highest BCUT2D eigenvalue weighted by Crippen LogP contribution is 2.15. The molecule has 1 fully saturated rings. The van der Waals surface area contributed by atoms with Crippen LogP contribution in [-0.4, -0.2) is 50.8 Å². The smallest absolute Gasteiger partial charge is 0.0593 e. The van der Waals surface area contributed by atoms with Gasteiger partial charge in [0.05, 0.1) is 6.61 Å². The van der Waals surface area contributed by atoms with Crippen LogP contribution in [0.1, 0.15) is 33.6 Å². The molecular weight excluding hydrogens is 212 g/mol. The molecule has 0 aromatic carbocycles. The molecule has 0 spiro atoms. The highest BCUT2D eigenvalue weighted by Gasteiger charge is 2.19. The molecule has 1 rings (SSSR count). The molecule has 3 heteroatoms. The Hall–Kier alpha value is -0.120. The zero-order valence-corrected chi connectivity index (χ0v) is 11.9. The van der Waals surface area contributed by atoms with Gasteiger partial charge in [0.25, 0.3) is 0 Å². The van der Waals surface area contributed by atoms with Gasteiger partial charge in [0.2, 0.25) is 0 Å². The van der Waals surface area contributed by atoms with Crippen molar-refractivity contribution < 1.29 is 4.74 Å². The summed E-state index contributed by atoms with van der Waals surface area (Å²) in [5, 5.41) is 3.58. The van der Waals surface area contributed by atoms with Crippen molar-refractivity contribution in [3.05, 3.63) is 0 Å². The Morgan fingerprint density at radius 3 is 2.94 bits per heavy atom. The minimum atomic E-state index is 0.757. The number of hydrogen-bond donors (Lipinski definition) is 1. The van der Waals surface area contributed by atoms with E-state index in [1.807, 2.05) is 0 Å². The van der Waals surface area contributed by atoms with Crippen molar-refractivity contribution in [1.29, 1.82) is 0 Å². The van der Waals surface area contributed by atoms with E-state index in [1.165, 1.54) is 32.5 Å². The topological polar surface area (TPSA) is 24.5 Å². The van der Waals surface area contributed by atoms with Crippen LogP contribution in [0.5, 0.6) is 0 Å². The summed E-state index contributed by atoms with van der Waals surface area (Å²) >= 11 is 0. The summed E-state index contributed by atoms with van der Waals surface area (Å²) in [5.74, 6) is 1.59. The van der Waals surface area contributed by atoms with Gasteiger partial charge in [-0.15, -0.1) is 0 Å². The van der Waals surface area contributed by atoms with Crippen molar-refractivity contribution >= 4 is 0 Å². The summed E-state index contributed by atoms with van der Waals surface area (Å²) in [5.41, 5.74) is 0. The third-order valence-corrected chi connectivity index (χ3v) is 3.34. The second kappa shape index (κ2) is 8.90. The highest BCUT2D eigenvalue weighted by atomic mass is 16.5. The van der Waals surface area contributed by atoms with Crippen molar-refractivity contribution in [2.75, 3.05) is 45.9 Å². The lowest BCUT2D eigenvalue weighted by Crippen LogP contribution is -2.41. The number of nitrogens with one attached hydrogen (secondary N) is 1. The molecule has 0 saturated carbocycles. The first-order valence-electron chi connectivity index (χ1n) is 7.23. The van der Waals surface area contributed by atoms with Gasteiger partial charge in [-0.25, -0.2) is 0 Å². The fourth-order valence-electron chi connectivity index (χ4n) is 2.44. The Bertz CT molecular complexity index is 185. The Morgan fingerprint density at radius 2 is 2.24 bits per heavy atom. The van der Waals surface area contributed by atoms with E-state index in [4.69, 9.17) is 4.74 Å². The SMILES string of the molecule is CCOCCN1CCCC(CNCC(C)C)C1. The molecule has 3 nitrogen and oxygen atoms in total. The van der Waals surface area contributed by atoms with E-state index >= 15 is 0 Å². The molecule has 1 atom stereocenters. The number of rotatable bonds is 8. The van der Waals surface area contributed by atoms with E-state index in [9.17, 15) is 0 Å². The summed E-state index contributed by atoms with van der Waals surface area (Å²) in [4.78, 5) is 2.56. The summed E-state index contributed by atoms with van der Waals surface area (Å²) in [6.07, 6.45) is 2.73. The van der Waals surface area contributed by atoms with Crippen LogP contribution in [0.4, 0.5) is 0 Å². The van der Waals surface area contributed by atoms with Gasteiger partial charge < -0.3 is 15.0 Å². The maximum atomic E-state index is 5.43. The molecule has 1 unspecified atom stereocenters. The predicted octanol–water partition coefficient (Wildman–Crippen LogP) is 1.98. The first-order chi connectivity index (χ1) is 8.22. The van der Waals surface area contributed by atoms with Gasteiger partial charge in [0, 0.05) is 19.7 Å². The van der Waals surface area contributed by atoms with Crippen LogP contribution in [0.3, 0.4) is 0 Å². The Kier molecular flexibility index (Phi) is 7.82. The van der Waals surface area contributed by atoms with Gasteiger partial charge in [-0.3, -0.25) is 0 Å². The van der Waals surface area contributed by atoms with Crippen LogP contribution in [0.15, 0.2) is 0 Å². The molecule has 0 aliphatic carbocycles. The maximum Gasteiger partial charge on any atom is 0.0593 e. The quantitative estimate of drug-likeness (QED) is 0.659. The van der Waals surface area contributed by atoms with Gasteiger partial charge in [-0.2, -0.15) is 0 Å². The summed E-state index contributed by atoms with van der Waals surface area (Å²) in [6.45, 7) is 14.3. The summed E-state index contributed by atoms with van der Waals surface area (Å²) in [7, 11) is 0. The van der Waals surface area contributed by atoms with E-state index in [1.54, 1.807) is 0 Å². The average molecular weight is 242 g/mol. The van der Waals surface area contributed by atoms with Gasteiger partial charge >= 0.3 is 0 Å². The van der Waals surface area contributed by atoms with E-state index in [0.717, 1.165) is 38.1 Å². The van der Waals surface area contributed by atoms with Gasteiger partial charge in [-0.1, -0.05) is 13.8 Å². The summed E-state index contributed by atoms with van der Waals surface area (Å²) in [6, 6.07) is 0. The highest BCUT2D eigenvalue weighted by molar-refractivity contribution is 4.74. The van der Waals surface area contributed by atoms with Crippen molar-refractivity contribution in [3.63, 3.8) is 0 Å². The fraction of sp³-hybridized carbons (Fsp3) is 1.00. The van der Waals surface area contributed by atoms with E-state index in [2.05, 4.69) is 31.0 Å². The van der Waals surface area contributed by atoms with Gasteiger partial charge in [0.1, 0.15) is 0 Å². The lowest BCUT2D eigenvalue weighted by Gasteiger charge is -2.32. The van der Waals surface area contributed by atoms with Crippen LogP contribution in [0.25, 0.3) is 0 Å². The van der Waals surface area contributed by atoms with E-state index in [0.29, 0.717) is 0 Å². The van der Waals surface area contributed by atoms with Crippen molar-refractivity contribution in [2.24, 2.45) is 11.8 Å². The standard InChI is InChI=1S/C14H30N2O/c1-4-17-9-8-16-7-5-6-14(12-16)11-15-10-13(2)3/h13-15H,4-12H2,1-3H3. The largest absolute Gasteiger partial charge is 0.380 e. The Labute approximate surface area is 107 Å². The van der Waals surface area contributed by atoms with Crippen molar-refractivity contribution in [1.82, 2.24) is 10.2 Å². The number of nitrogens with zero attached hydrogens (tertiary/aromatic N) is 1. The van der Waals surface area contributed by atoms with Crippen molar-refractivity contribution in [3.8, 4) is 0 Å². The minimum Gasteiger partial charge on any atom is -0.380 e. The molecule has 0 aromatic heterocycles. The number of hydrogen-bond acceptors (Lipinski definition) is 3. The third-order valence-electron chi connectivity index (χ3n) is 3.34. The summed E-state index contributed by atoms with van der Waals surface area (Å²) < 4.78 is 5.43. The maximum absolute atomic E-state index is 5.43. The minimum absolute atomic E-state index is 0.757. The van der Waals surface area contributed by atoms with Crippen LogP contribution in [0.2, 0.25) is 0 Å². The number of piperidine rings is 1. The fourth-order valence-corrected chi connectivity index (χ4v) is 2.44. The number of likely N-dealkylation sites (tertiary alicyclic amines) is 1.